The Labute approximate surface area is 109 Å². The van der Waals surface area contributed by atoms with E-state index in [1.165, 1.54) is 32.1 Å². The normalized spacial score (nSPS) is 19.2. The van der Waals surface area contributed by atoms with Gasteiger partial charge in [-0.2, -0.15) is 0 Å². The molecule has 1 fully saturated rings. The van der Waals surface area contributed by atoms with Gasteiger partial charge in [-0.15, -0.1) is 0 Å². The lowest BCUT2D eigenvalue weighted by atomic mass is 9.81. The third-order valence-corrected chi connectivity index (χ3v) is 4.37. The van der Waals surface area contributed by atoms with Gasteiger partial charge in [-0.25, -0.2) is 0 Å². The molecule has 3 N–H and O–H groups in total. The maximum atomic E-state index is 6.39. The SMILES string of the molecule is Cc1cccc(C(NN)C2CCCCC2)c1Cl. The second-order valence-corrected chi connectivity index (χ2v) is 5.40. The molecule has 2 nitrogen and oxygen atoms in total. The number of nitrogens with one attached hydrogen (secondary N) is 1. The zero-order valence-electron chi connectivity index (χ0n) is 10.4. The monoisotopic (exact) mass is 252 g/mol. The van der Waals surface area contributed by atoms with E-state index in [4.69, 9.17) is 17.4 Å². The van der Waals surface area contributed by atoms with Gasteiger partial charge in [-0.05, 0) is 36.8 Å². The molecule has 1 aliphatic rings. The molecule has 0 bridgehead atoms. The van der Waals surface area contributed by atoms with Crippen LogP contribution in [-0.2, 0) is 0 Å². The fourth-order valence-corrected chi connectivity index (χ4v) is 3.10. The van der Waals surface area contributed by atoms with Gasteiger partial charge in [0, 0.05) is 5.02 Å². The van der Waals surface area contributed by atoms with Crippen LogP contribution in [0.3, 0.4) is 0 Å². The van der Waals surface area contributed by atoms with Crippen LogP contribution in [0.5, 0.6) is 0 Å². The Kier molecular flexibility index (Phi) is 4.43. The van der Waals surface area contributed by atoms with Crippen LogP contribution in [0.4, 0.5) is 0 Å². The van der Waals surface area contributed by atoms with Gasteiger partial charge in [-0.3, -0.25) is 11.3 Å². The lowest BCUT2D eigenvalue weighted by Gasteiger charge is -2.30. The minimum Gasteiger partial charge on any atom is -0.271 e. The Hall–Kier alpha value is -0.570. The quantitative estimate of drug-likeness (QED) is 0.635. The number of rotatable bonds is 3. The molecule has 0 saturated heterocycles. The van der Waals surface area contributed by atoms with E-state index in [1.807, 2.05) is 13.0 Å². The molecular weight excluding hydrogens is 232 g/mol. The van der Waals surface area contributed by atoms with Gasteiger partial charge in [0.2, 0.25) is 0 Å². The summed E-state index contributed by atoms with van der Waals surface area (Å²) in [6.07, 6.45) is 6.48. The Morgan fingerprint density at radius 3 is 2.65 bits per heavy atom. The molecule has 0 radical (unpaired) electrons. The van der Waals surface area contributed by atoms with E-state index in [9.17, 15) is 0 Å². The van der Waals surface area contributed by atoms with Crippen LogP contribution in [0.15, 0.2) is 18.2 Å². The molecule has 0 aliphatic heterocycles. The van der Waals surface area contributed by atoms with E-state index in [-0.39, 0.29) is 6.04 Å². The number of nitrogens with two attached hydrogens (primary N) is 1. The van der Waals surface area contributed by atoms with Crippen molar-refractivity contribution in [3.8, 4) is 0 Å². The summed E-state index contributed by atoms with van der Waals surface area (Å²) in [5.74, 6) is 6.36. The van der Waals surface area contributed by atoms with Crippen molar-refractivity contribution in [1.29, 1.82) is 0 Å². The van der Waals surface area contributed by atoms with Gasteiger partial charge in [0.05, 0.1) is 6.04 Å². The summed E-state index contributed by atoms with van der Waals surface area (Å²) in [7, 11) is 0. The molecule has 0 aromatic heterocycles. The second kappa shape index (κ2) is 5.85. The van der Waals surface area contributed by atoms with Crippen LogP contribution in [0.25, 0.3) is 0 Å². The van der Waals surface area contributed by atoms with E-state index in [1.54, 1.807) is 0 Å². The van der Waals surface area contributed by atoms with Crippen LogP contribution in [-0.4, -0.2) is 0 Å². The second-order valence-electron chi connectivity index (χ2n) is 5.02. The zero-order chi connectivity index (χ0) is 12.3. The van der Waals surface area contributed by atoms with E-state index in [0.29, 0.717) is 5.92 Å². The van der Waals surface area contributed by atoms with Crippen molar-refractivity contribution in [1.82, 2.24) is 5.43 Å². The minimum atomic E-state index is 0.197. The molecule has 1 aromatic carbocycles. The number of hydrazine groups is 1. The highest BCUT2D eigenvalue weighted by molar-refractivity contribution is 6.32. The Balaban J connectivity index is 2.24. The average molecular weight is 253 g/mol. The first kappa shape index (κ1) is 12.9. The fraction of sp³-hybridized carbons (Fsp3) is 0.571. The van der Waals surface area contributed by atoms with Gasteiger partial charge in [0.25, 0.3) is 0 Å². The smallest absolute Gasteiger partial charge is 0.0502 e. The summed E-state index contributed by atoms with van der Waals surface area (Å²) < 4.78 is 0. The molecular formula is C14H21ClN2. The molecule has 94 valence electrons. The van der Waals surface area contributed by atoms with Crippen molar-refractivity contribution in [2.75, 3.05) is 0 Å². The highest BCUT2D eigenvalue weighted by atomic mass is 35.5. The van der Waals surface area contributed by atoms with Crippen LogP contribution < -0.4 is 11.3 Å². The lowest BCUT2D eigenvalue weighted by Crippen LogP contribution is -2.34. The van der Waals surface area contributed by atoms with Gasteiger partial charge < -0.3 is 0 Å². The third kappa shape index (κ3) is 2.82. The Morgan fingerprint density at radius 1 is 1.29 bits per heavy atom. The van der Waals surface area contributed by atoms with E-state index < -0.39 is 0 Å². The molecule has 0 spiro atoms. The van der Waals surface area contributed by atoms with Gasteiger partial charge in [-0.1, -0.05) is 49.1 Å². The van der Waals surface area contributed by atoms with Crippen LogP contribution >= 0.6 is 11.6 Å². The Morgan fingerprint density at radius 2 is 2.00 bits per heavy atom. The first-order valence-electron chi connectivity index (χ1n) is 6.45. The Bertz CT molecular complexity index is 372. The van der Waals surface area contributed by atoms with Crippen LogP contribution in [0, 0.1) is 12.8 Å². The summed E-state index contributed by atoms with van der Waals surface area (Å²) >= 11 is 6.39. The topological polar surface area (TPSA) is 38.0 Å². The molecule has 1 aliphatic carbocycles. The molecule has 0 amide bonds. The molecule has 17 heavy (non-hydrogen) atoms. The average Bonchev–Trinajstić information content (AvgIpc) is 2.37. The molecule has 1 atom stereocenters. The number of hydrogen-bond donors (Lipinski definition) is 2. The summed E-state index contributed by atoms with van der Waals surface area (Å²) in [6, 6.07) is 6.39. The summed E-state index contributed by atoms with van der Waals surface area (Å²) in [6.45, 7) is 2.04. The van der Waals surface area contributed by atoms with Crippen molar-refractivity contribution in [2.24, 2.45) is 11.8 Å². The number of hydrogen-bond acceptors (Lipinski definition) is 2. The first-order valence-corrected chi connectivity index (χ1v) is 6.83. The third-order valence-electron chi connectivity index (χ3n) is 3.86. The van der Waals surface area contributed by atoms with Crippen molar-refractivity contribution >= 4 is 11.6 Å². The highest BCUT2D eigenvalue weighted by Crippen LogP contribution is 2.37. The highest BCUT2D eigenvalue weighted by Gasteiger charge is 2.25. The van der Waals surface area contributed by atoms with E-state index in [2.05, 4.69) is 17.6 Å². The van der Waals surface area contributed by atoms with Crippen molar-refractivity contribution in [3.63, 3.8) is 0 Å². The first-order chi connectivity index (χ1) is 8.24. The van der Waals surface area contributed by atoms with E-state index in [0.717, 1.165) is 16.1 Å². The lowest BCUT2D eigenvalue weighted by molar-refractivity contribution is 0.273. The van der Waals surface area contributed by atoms with E-state index >= 15 is 0 Å². The molecule has 1 aromatic rings. The van der Waals surface area contributed by atoms with Gasteiger partial charge in [0.1, 0.15) is 0 Å². The van der Waals surface area contributed by atoms with Gasteiger partial charge >= 0.3 is 0 Å². The predicted octanol–water partition coefficient (Wildman–Crippen LogP) is 3.73. The van der Waals surface area contributed by atoms with Gasteiger partial charge in [0.15, 0.2) is 0 Å². The largest absolute Gasteiger partial charge is 0.271 e. The van der Waals surface area contributed by atoms with Crippen molar-refractivity contribution in [2.45, 2.75) is 45.1 Å². The predicted molar refractivity (Wildman–Crippen MR) is 72.8 cm³/mol. The molecule has 1 saturated carbocycles. The fourth-order valence-electron chi connectivity index (χ4n) is 2.86. The number of benzene rings is 1. The maximum Gasteiger partial charge on any atom is 0.0502 e. The standard InChI is InChI=1S/C14H21ClN2/c1-10-6-5-9-12(13(10)15)14(17-16)11-7-3-2-4-8-11/h5-6,9,11,14,17H,2-4,7-8,16H2,1H3. The summed E-state index contributed by atoms with van der Waals surface area (Å²) in [4.78, 5) is 0. The molecule has 2 rings (SSSR count). The molecule has 0 heterocycles. The summed E-state index contributed by atoms with van der Waals surface area (Å²) in [5.41, 5.74) is 5.25. The number of aryl methyl sites for hydroxylation is 1. The number of halogens is 1. The molecule has 1 unspecified atom stereocenters. The van der Waals surface area contributed by atoms with Crippen molar-refractivity contribution < 1.29 is 0 Å². The van der Waals surface area contributed by atoms with Crippen LogP contribution in [0.1, 0.15) is 49.3 Å². The molecule has 3 heteroatoms. The maximum absolute atomic E-state index is 6.39. The van der Waals surface area contributed by atoms with Crippen LogP contribution in [0.2, 0.25) is 5.02 Å². The zero-order valence-corrected chi connectivity index (χ0v) is 11.1. The van der Waals surface area contributed by atoms with Crippen molar-refractivity contribution in [3.05, 3.63) is 34.3 Å². The summed E-state index contributed by atoms with van der Waals surface area (Å²) in [5, 5.41) is 0.862. The minimum absolute atomic E-state index is 0.197.